The van der Waals surface area contributed by atoms with Gasteiger partial charge in [0.05, 0.1) is 11.5 Å². The topological polar surface area (TPSA) is 78.9 Å². The average Bonchev–Trinajstić information content (AvgIpc) is 2.36. The van der Waals surface area contributed by atoms with Gasteiger partial charge in [0.25, 0.3) is 0 Å². The summed E-state index contributed by atoms with van der Waals surface area (Å²) in [5.41, 5.74) is -0.410. The van der Waals surface area contributed by atoms with Crippen molar-refractivity contribution in [2.45, 2.75) is 39.2 Å². The summed E-state index contributed by atoms with van der Waals surface area (Å²) in [6.45, 7) is 7.63. The SMILES string of the molecule is CCOC(C)(C)CNC(=O)N1CCC[C@H](C(=O)O)C1. The molecule has 6 heteroatoms. The van der Waals surface area contributed by atoms with Crippen LogP contribution in [0.3, 0.4) is 0 Å². The van der Waals surface area contributed by atoms with E-state index in [0.29, 0.717) is 26.1 Å². The second-order valence-corrected chi connectivity index (χ2v) is 5.47. The fourth-order valence-electron chi connectivity index (χ4n) is 2.21. The number of nitrogens with zero attached hydrogens (tertiary/aromatic N) is 1. The molecule has 0 aromatic heterocycles. The van der Waals surface area contributed by atoms with Crippen molar-refractivity contribution in [2.75, 3.05) is 26.2 Å². The molecule has 1 rings (SSSR count). The van der Waals surface area contributed by atoms with Crippen LogP contribution in [0.4, 0.5) is 4.79 Å². The molecule has 1 aliphatic rings. The normalized spacial score (nSPS) is 20.2. The van der Waals surface area contributed by atoms with Gasteiger partial charge in [-0.25, -0.2) is 4.79 Å². The number of piperidine rings is 1. The summed E-state index contributed by atoms with van der Waals surface area (Å²) in [5.74, 6) is -1.27. The van der Waals surface area contributed by atoms with Crippen molar-refractivity contribution < 1.29 is 19.4 Å². The highest BCUT2D eigenvalue weighted by molar-refractivity contribution is 5.76. The Balaban J connectivity index is 2.43. The number of carbonyl (C=O) groups is 2. The molecule has 0 aromatic carbocycles. The van der Waals surface area contributed by atoms with Crippen molar-refractivity contribution in [3.63, 3.8) is 0 Å². The number of aliphatic carboxylic acids is 1. The average molecular weight is 272 g/mol. The second kappa shape index (κ2) is 6.75. The molecule has 0 aliphatic carbocycles. The van der Waals surface area contributed by atoms with Crippen LogP contribution in [0, 0.1) is 5.92 Å². The number of carboxylic acids is 1. The molecule has 0 unspecified atom stereocenters. The zero-order valence-electron chi connectivity index (χ0n) is 11.9. The van der Waals surface area contributed by atoms with E-state index >= 15 is 0 Å². The molecule has 0 bridgehead atoms. The Bertz CT molecular complexity index is 331. The smallest absolute Gasteiger partial charge is 0.317 e. The highest BCUT2D eigenvalue weighted by Gasteiger charge is 2.29. The Labute approximate surface area is 114 Å². The first-order valence-electron chi connectivity index (χ1n) is 6.75. The maximum atomic E-state index is 12.0. The molecule has 1 aliphatic heterocycles. The summed E-state index contributed by atoms with van der Waals surface area (Å²) in [7, 11) is 0. The van der Waals surface area contributed by atoms with Crippen molar-refractivity contribution >= 4 is 12.0 Å². The molecule has 0 aromatic rings. The first kappa shape index (κ1) is 15.8. The lowest BCUT2D eigenvalue weighted by atomic mass is 9.99. The van der Waals surface area contributed by atoms with E-state index in [1.165, 1.54) is 0 Å². The maximum absolute atomic E-state index is 12.0. The summed E-state index contributed by atoms with van der Waals surface area (Å²) in [6, 6.07) is -0.210. The van der Waals surface area contributed by atoms with Gasteiger partial charge in [0.15, 0.2) is 0 Å². The van der Waals surface area contributed by atoms with Gasteiger partial charge in [-0.1, -0.05) is 0 Å². The van der Waals surface area contributed by atoms with Crippen LogP contribution in [0.2, 0.25) is 0 Å². The minimum Gasteiger partial charge on any atom is -0.481 e. The van der Waals surface area contributed by atoms with Crippen LogP contribution in [0.25, 0.3) is 0 Å². The monoisotopic (exact) mass is 272 g/mol. The van der Waals surface area contributed by atoms with Gasteiger partial charge in [0.1, 0.15) is 0 Å². The van der Waals surface area contributed by atoms with E-state index < -0.39 is 17.5 Å². The van der Waals surface area contributed by atoms with E-state index in [9.17, 15) is 9.59 Å². The predicted octanol–water partition coefficient (Wildman–Crippen LogP) is 1.31. The van der Waals surface area contributed by atoms with Gasteiger partial charge in [-0.15, -0.1) is 0 Å². The predicted molar refractivity (Wildman–Crippen MR) is 71.0 cm³/mol. The van der Waals surface area contributed by atoms with Gasteiger partial charge in [-0.2, -0.15) is 0 Å². The van der Waals surface area contributed by atoms with Crippen LogP contribution < -0.4 is 5.32 Å². The van der Waals surface area contributed by atoms with E-state index in [0.717, 1.165) is 6.42 Å². The van der Waals surface area contributed by atoms with Crippen LogP contribution in [0.15, 0.2) is 0 Å². The summed E-state index contributed by atoms with van der Waals surface area (Å²) >= 11 is 0. The first-order valence-corrected chi connectivity index (χ1v) is 6.75. The summed E-state index contributed by atoms with van der Waals surface area (Å²) in [5, 5.41) is 11.8. The third-order valence-corrected chi connectivity index (χ3v) is 3.26. The first-order chi connectivity index (χ1) is 8.85. The Morgan fingerprint density at radius 1 is 1.47 bits per heavy atom. The van der Waals surface area contributed by atoms with Crippen molar-refractivity contribution in [2.24, 2.45) is 5.92 Å². The van der Waals surface area contributed by atoms with Gasteiger partial charge in [-0.3, -0.25) is 4.79 Å². The molecule has 0 radical (unpaired) electrons. The van der Waals surface area contributed by atoms with Crippen LogP contribution >= 0.6 is 0 Å². The number of carbonyl (C=O) groups excluding carboxylic acids is 1. The fourth-order valence-corrected chi connectivity index (χ4v) is 2.21. The Morgan fingerprint density at radius 3 is 2.74 bits per heavy atom. The molecule has 6 nitrogen and oxygen atoms in total. The quantitative estimate of drug-likeness (QED) is 0.791. The zero-order chi connectivity index (χ0) is 14.5. The Kier molecular flexibility index (Phi) is 5.60. The third-order valence-electron chi connectivity index (χ3n) is 3.26. The number of urea groups is 1. The molecule has 2 N–H and O–H groups in total. The van der Waals surface area contributed by atoms with Gasteiger partial charge < -0.3 is 20.1 Å². The highest BCUT2D eigenvalue weighted by Crippen LogP contribution is 2.16. The van der Waals surface area contributed by atoms with Crippen molar-refractivity contribution in [3.8, 4) is 0 Å². The summed E-state index contributed by atoms with van der Waals surface area (Å²) in [6.07, 6.45) is 1.38. The van der Waals surface area contributed by atoms with Gasteiger partial charge in [0.2, 0.25) is 0 Å². The lowest BCUT2D eigenvalue weighted by molar-refractivity contribution is -0.143. The molecule has 1 heterocycles. The number of likely N-dealkylation sites (tertiary alicyclic amines) is 1. The minimum absolute atomic E-state index is 0.210. The molecule has 1 fully saturated rings. The lowest BCUT2D eigenvalue weighted by Gasteiger charge is -2.32. The number of hydrogen-bond acceptors (Lipinski definition) is 3. The molecular formula is C13H24N2O4. The van der Waals surface area contributed by atoms with Crippen molar-refractivity contribution in [3.05, 3.63) is 0 Å². The molecule has 1 saturated heterocycles. The third kappa shape index (κ3) is 5.06. The number of carboxylic acid groups (broad SMARTS) is 1. The summed E-state index contributed by atoms with van der Waals surface area (Å²) < 4.78 is 5.50. The zero-order valence-corrected chi connectivity index (χ0v) is 11.9. The van der Waals surface area contributed by atoms with E-state index in [2.05, 4.69) is 5.32 Å². The molecule has 110 valence electrons. The molecule has 2 amide bonds. The summed E-state index contributed by atoms with van der Waals surface area (Å²) in [4.78, 5) is 24.5. The standard InChI is InChI=1S/C13H24N2O4/c1-4-19-13(2,3)9-14-12(18)15-7-5-6-10(8-15)11(16)17/h10H,4-9H2,1-3H3,(H,14,18)(H,16,17)/t10-/m0/s1. The van der Waals surface area contributed by atoms with Crippen molar-refractivity contribution in [1.29, 1.82) is 0 Å². The lowest BCUT2D eigenvalue weighted by Crippen LogP contribution is -2.50. The molecule has 1 atom stereocenters. The fraction of sp³-hybridized carbons (Fsp3) is 0.846. The Hall–Kier alpha value is -1.30. The van der Waals surface area contributed by atoms with Gasteiger partial charge >= 0.3 is 12.0 Å². The Morgan fingerprint density at radius 2 is 2.16 bits per heavy atom. The number of ether oxygens (including phenoxy) is 1. The van der Waals surface area contributed by atoms with Crippen LogP contribution in [-0.4, -0.2) is 53.8 Å². The van der Waals surface area contributed by atoms with Crippen LogP contribution in [-0.2, 0) is 9.53 Å². The van der Waals surface area contributed by atoms with Crippen LogP contribution in [0.5, 0.6) is 0 Å². The highest BCUT2D eigenvalue weighted by atomic mass is 16.5. The van der Waals surface area contributed by atoms with E-state index in [1.807, 2.05) is 20.8 Å². The molecular weight excluding hydrogens is 248 g/mol. The van der Waals surface area contributed by atoms with Crippen LogP contribution in [0.1, 0.15) is 33.6 Å². The number of nitrogens with one attached hydrogen (secondary N) is 1. The van der Waals surface area contributed by atoms with E-state index in [-0.39, 0.29) is 12.6 Å². The maximum Gasteiger partial charge on any atom is 0.317 e. The number of hydrogen-bond donors (Lipinski definition) is 2. The van der Waals surface area contributed by atoms with Crippen molar-refractivity contribution in [1.82, 2.24) is 10.2 Å². The number of rotatable bonds is 5. The van der Waals surface area contributed by atoms with E-state index in [1.54, 1.807) is 4.90 Å². The second-order valence-electron chi connectivity index (χ2n) is 5.47. The molecule has 0 saturated carbocycles. The van der Waals surface area contributed by atoms with E-state index in [4.69, 9.17) is 9.84 Å². The molecule has 0 spiro atoms. The van der Waals surface area contributed by atoms with Gasteiger partial charge in [-0.05, 0) is 33.6 Å². The minimum atomic E-state index is -0.827. The van der Waals surface area contributed by atoms with Gasteiger partial charge in [0, 0.05) is 26.2 Å². The largest absolute Gasteiger partial charge is 0.481 e. The number of amides is 2. The molecule has 19 heavy (non-hydrogen) atoms.